The highest BCUT2D eigenvalue weighted by atomic mass is 16.2. The average Bonchev–Trinajstić information content (AvgIpc) is 2.76. The van der Waals surface area contributed by atoms with Gasteiger partial charge in [0.15, 0.2) is 0 Å². The smallest absolute Gasteiger partial charge is 0.237 e. The van der Waals surface area contributed by atoms with E-state index in [0.29, 0.717) is 5.92 Å². The van der Waals surface area contributed by atoms with Gasteiger partial charge in [0.2, 0.25) is 5.91 Å². The number of hydrogen-bond acceptors (Lipinski definition) is 3. The number of piperidine rings is 1. The quantitative estimate of drug-likeness (QED) is 0.755. The van der Waals surface area contributed by atoms with E-state index in [-0.39, 0.29) is 23.9 Å². The van der Waals surface area contributed by atoms with E-state index in [4.69, 9.17) is 5.26 Å². The molecule has 1 heterocycles. The summed E-state index contributed by atoms with van der Waals surface area (Å²) >= 11 is 0. The van der Waals surface area contributed by atoms with E-state index in [1.807, 2.05) is 0 Å². The Bertz CT molecular complexity index is 323. The molecule has 17 heavy (non-hydrogen) atoms. The van der Waals surface area contributed by atoms with Gasteiger partial charge in [-0.05, 0) is 44.6 Å². The number of hydrogen-bond donors (Lipinski definition) is 2. The van der Waals surface area contributed by atoms with Gasteiger partial charge < -0.3 is 10.6 Å². The molecule has 1 aliphatic heterocycles. The van der Waals surface area contributed by atoms with Crippen molar-refractivity contribution >= 4 is 5.91 Å². The van der Waals surface area contributed by atoms with Gasteiger partial charge in [-0.1, -0.05) is 6.92 Å². The summed E-state index contributed by atoms with van der Waals surface area (Å²) in [6, 6.07) is 2.30. The molecule has 0 spiro atoms. The lowest BCUT2D eigenvalue weighted by molar-refractivity contribution is -0.125. The number of nitrogens with zero attached hydrogens (tertiary/aromatic N) is 1. The Morgan fingerprint density at radius 2 is 2.18 bits per heavy atom. The van der Waals surface area contributed by atoms with Crippen molar-refractivity contribution in [2.45, 2.75) is 51.1 Å². The lowest BCUT2D eigenvalue weighted by Gasteiger charge is -2.30. The Morgan fingerprint density at radius 3 is 2.88 bits per heavy atom. The van der Waals surface area contributed by atoms with Crippen LogP contribution in [0.4, 0.5) is 0 Å². The van der Waals surface area contributed by atoms with Gasteiger partial charge in [-0.2, -0.15) is 5.26 Å². The molecule has 0 bridgehead atoms. The summed E-state index contributed by atoms with van der Waals surface area (Å²) in [5.41, 5.74) is 0. The molecule has 0 radical (unpaired) electrons. The second-order valence-electron chi connectivity index (χ2n) is 5.33. The topological polar surface area (TPSA) is 64.9 Å². The van der Waals surface area contributed by atoms with Crippen molar-refractivity contribution in [3.8, 4) is 6.07 Å². The number of amides is 1. The molecule has 4 heteroatoms. The molecule has 2 fully saturated rings. The summed E-state index contributed by atoms with van der Waals surface area (Å²) in [7, 11) is 0. The number of nitrogens with one attached hydrogen (secondary N) is 2. The number of carbonyl (C=O) groups is 1. The molecule has 4 nitrogen and oxygen atoms in total. The van der Waals surface area contributed by atoms with Crippen molar-refractivity contribution in [2.24, 2.45) is 11.8 Å². The second-order valence-corrected chi connectivity index (χ2v) is 5.33. The Morgan fingerprint density at radius 1 is 1.35 bits per heavy atom. The normalized spacial score (nSPS) is 37.4. The first-order chi connectivity index (χ1) is 8.22. The summed E-state index contributed by atoms with van der Waals surface area (Å²) in [6.45, 7) is 3.04. The SMILES string of the molecule is CC1CCCNC1C(=O)NC1CCCC1C#N. The highest BCUT2D eigenvalue weighted by Gasteiger charge is 2.33. The van der Waals surface area contributed by atoms with Crippen LogP contribution in [-0.4, -0.2) is 24.5 Å². The molecular weight excluding hydrogens is 214 g/mol. The van der Waals surface area contributed by atoms with Crippen LogP contribution in [0.15, 0.2) is 0 Å². The van der Waals surface area contributed by atoms with Crippen molar-refractivity contribution in [3.63, 3.8) is 0 Å². The molecule has 1 saturated heterocycles. The zero-order valence-electron chi connectivity index (χ0n) is 10.4. The first kappa shape index (κ1) is 12.4. The minimum Gasteiger partial charge on any atom is -0.351 e. The maximum absolute atomic E-state index is 12.1. The summed E-state index contributed by atoms with van der Waals surface area (Å²) in [6.07, 6.45) is 5.18. The van der Waals surface area contributed by atoms with E-state index in [0.717, 1.165) is 38.6 Å². The van der Waals surface area contributed by atoms with Crippen molar-refractivity contribution in [1.29, 1.82) is 5.26 Å². The fourth-order valence-electron chi connectivity index (χ4n) is 2.96. The zero-order valence-corrected chi connectivity index (χ0v) is 10.4. The molecular formula is C13H21N3O. The van der Waals surface area contributed by atoms with Crippen LogP contribution in [0.5, 0.6) is 0 Å². The minimum atomic E-state index is -0.0660. The molecule has 2 N–H and O–H groups in total. The second kappa shape index (κ2) is 5.50. The molecule has 94 valence electrons. The molecule has 4 unspecified atom stereocenters. The van der Waals surface area contributed by atoms with E-state index in [1.165, 1.54) is 0 Å². The van der Waals surface area contributed by atoms with Crippen LogP contribution in [0.1, 0.15) is 39.0 Å². The van der Waals surface area contributed by atoms with Crippen molar-refractivity contribution < 1.29 is 4.79 Å². The third-order valence-electron chi connectivity index (χ3n) is 4.06. The lowest BCUT2D eigenvalue weighted by Crippen LogP contribution is -2.53. The summed E-state index contributed by atoms with van der Waals surface area (Å²) in [4.78, 5) is 12.1. The maximum Gasteiger partial charge on any atom is 0.237 e. The molecule has 0 aromatic rings. The first-order valence-electron chi connectivity index (χ1n) is 6.65. The number of rotatable bonds is 2. The monoisotopic (exact) mass is 235 g/mol. The zero-order chi connectivity index (χ0) is 12.3. The number of nitriles is 1. The molecule has 1 amide bonds. The van der Waals surface area contributed by atoms with Crippen molar-refractivity contribution in [3.05, 3.63) is 0 Å². The predicted molar refractivity (Wildman–Crippen MR) is 65.1 cm³/mol. The van der Waals surface area contributed by atoms with Crippen LogP contribution in [0.25, 0.3) is 0 Å². The average molecular weight is 235 g/mol. The molecule has 2 rings (SSSR count). The van der Waals surface area contributed by atoms with Gasteiger partial charge in [0, 0.05) is 6.04 Å². The fraction of sp³-hybridized carbons (Fsp3) is 0.846. The Kier molecular flexibility index (Phi) is 4.01. The molecule has 0 aromatic carbocycles. The third kappa shape index (κ3) is 2.78. The van der Waals surface area contributed by atoms with E-state index < -0.39 is 0 Å². The molecule has 4 atom stereocenters. The van der Waals surface area contributed by atoms with E-state index in [9.17, 15) is 4.79 Å². The Balaban J connectivity index is 1.90. The van der Waals surface area contributed by atoms with Crippen LogP contribution in [0.2, 0.25) is 0 Å². The van der Waals surface area contributed by atoms with Crippen LogP contribution >= 0.6 is 0 Å². The molecule has 0 aromatic heterocycles. The lowest BCUT2D eigenvalue weighted by atomic mass is 9.91. The first-order valence-corrected chi connectivity index (χ1v) is 6.65. The largest absolute Gasteiger partial charge is 0.351 e. The van der Waals surface area contributed by atoms with Crippen molar-refractivity contribution in [2.75, 3.05) is 6.54 Å². The van der Waals surface area contributed by atoms with Crippen LogP contribution in [0, 0.1) is 23.2 Å². The standard InChI is InChI=1S/C13H21N3O/c1-9-4-3-7-15-12(9)13(17)16-11-6-2-5-10(11)8-14/h9-12,15H,2-7H2,1H3,(H,16,17). The molecule has 1 saturated carbocycles. The van der Waals surface area contributed by atoms with Gasteiger partial charge in [0.1, 0.15) is 0 Å². The predicted octanol–water partition coefficient (Wildman–Crippen LogP) is 1.18. The van der Waals surface area contributed by atoms with Crippen LogP contribution in [0.3, 0.4) is 0 Å². The van der Waals surface area contributed by atoms with Gasteiger partial charge in [0.25, 0.3) is 0 Å². The van der Waals surface area contributed by atoms with Gasteiger partial charge in [-0.25, -0.2) is 0 Å². The van der Waals surface area contributed by atoms with Crippen molar-refractivity contribution in [1.82, 2.24) is 10.6 Å². The van der Waals surface area contributed by atoms with Gasteiger partial charge in [-0.3, -0.25) is 4.79 Å². The Hall–Kier alpha value is -1.08. The van der Waals surface area contributed by atoms with Gasteiger partial charge in [-0.15, -0.1) is 0 Å². The van der Waals surface area contributed by atoms with Gasteiger partial charge >= 0.3 is 0 Å². The summed E-state index contributed by atoms with van der Waals surface area (Å²) in [5.74, 6) is 0.493. The Labute approximate surface area is 103 Å². The van der Waals surface area contributed by atoms with Crippen LogP contribution < -0.4 is 10.6 Å². The third-order valence-corrected chi connectivity index (χ3v) is 4.06. The highest BCUT2D eigenvalue weighted by Crippen LogP contribution is 2.25. The molecule has 1 aliphatic carbocycles. The summed E-state index contributed by atoms with van der Waals surface area (Å²) in [5, 5.41) is 15.3. The maximum atomic E-state index is 12.1. The minimum absolute atomic E-state index is 0.0119. The van der Waals surface area contributed by atoms with Crippen LogP contribution in [-0.2, 0) is 4.79 Å². The fourth-order valence-corrected chi connectivity index (χ4v) is 2.96. The van der Waals surface area contributed by atoms with Gasteiger partial charge in [0.05, 0.1) is 18.0 Å². The van der Waals surface area contributed by atoms with E-state index in [2.05, 4.69) is 23.6 Å². The summed E-state index contributed by atoms with van der Waals surface area (Å²) < 4.78 is 0. The number of carbonyl (C=O) groups excluding carboxylic acids is 1. The molecule has 2 aliphatic rings. The van der Waals surface area contributed by atoms with E-state index in [1.54, 1.807) is 0 Å². The highest BCUT2D eigenvalue weighted by molar-refractivity contribution is 5.82. The van der Waals surface area contributed by atoms with E-state index >= 15 is 0 Å².